The Balaban J connectivity index is 1.82. The molecule has 2 rings (SSSR count). The minimum atomic E-state index is -0.780. The number of carboxylic acids is 1. The summed E-state index contributed by atoms with van der Waals surface area (Å²) in [6.45, 7) is 4.24. The van der Waals surface area contributed by atoms with Crippen LogP contribution < -0.4 is 0 Å². The highest BCUT2D eigenvalue weighted by atomic mass is 19.1. The van der Waals surface area contributed by atoms with Crippen LogP contribution in [0.2, 0.25) is 0 Å². The van der Waals surface area contributed by atoms with Gasteiger partial charge in [-0.1, -0.05) is 0 Å². The molecule has 0 bridgehead atoms. The number of aromatic hydroxyl groups is 1. The van der Waals surface area contributed by atoms with Gasteiger partial charge >= 0.3 is 5.97 Å². The van der Waals surface area contributed by atoms with E-state index in [1.165, 1.54) is 18.2 Å². The predicted molar refractivity (Wildman–Crippen MR) is 72.0 cm³/mol. The molecule has 0 aromatic heterocycles. The number of benzene rings is 1. The first-order chi connectivity index (χ1) is 9.54. The first-order valence-corrected chi connectivity index (χ1v) is 6.68. The molecule has 5 nitrogen and oxygen atoms in total. The number of hydrogen-bond donors (Lipinski definition) is 2. The van der Waals surface area contributed by atoms with Crippen molar-refractivity contribution < 1.29 is 19.4 Å². The average molecular weight is 282 g/mol. The van der Waals surface area contributed by atoms with E-state index in [1.54, 1.807) is 0 Å². The van der Waals surface area contributed by atoms with Crippen molar-refractivity contribution in [3.05, 3.63) is 29.6 Å². The van der Waals surface area contributed by atoms with E-state index in [2.05, 4.69) is 9.80 Å². The van der Waals surface area contributed by atoms with Crippen molar-refractivity contribution in [3.8, 4) is 5.75 Å². The largest absolute Gasteiger partial charge is 0.508 e. The van der Waals surface area contributed by atoms with Gasteiger partial charge in [0.2, 0.25) is 0 Å². The third-order valence-corrected chi connectivity index (χ3v) is 3.54. The van der Waals surface area contributed by atoms with Crippen molar-refractivity contribution >= 4 is 5.97 Å². The molecule has 6 heteroatoms. The summed E-state index contributed by atoms with van der Waals surface area (Å²) in [5.74, 6) is -1.02. The summed E-state index contributed by atoms with van der Waals surface area (Å²) in [4.78, 5) is 14.8. The van der Waals surface area contributed by atoms with Gasteiger partial charge < -0.3 is 15.1 Å². The molecule has 20 heavy (non-hydrogen) atoms. The van der Waals surface area contributed by atoms with Crippen molar-refractivity contribution in [1.82, 2.24) is 9.80 Å². The normalized spacial score (nSPS) is 17.2. The number of phenolic OH excluding ortho intramolecular Hbond substituents is 1. The third kappa shape index (κ3) is 4.18. The van der Waals surface area contributed by atoms with Crippen molar-refractivity contribution in [1.29, 1.82) is 0 Å². The minimum Gasteiger partial charge on any atom is -0.508 e. The molecule has 1 aromatic carbocycles. The van der Waals surface area contributed by atoms with Gasteiger partial charge in [-0.15, -0.1) is 0 Å². The lowest BCUT2D eigenvalue weighted by Gasteiger charge is -2.34. The van der Waals surface area contributed by atoms with Gasteiger partial charge in [0, 0.05) is 44.8 Å². The zero-order valence-electron chi connectivity index (χ0n) is 11.3. The molecule has 0 spiro atoms. The molecule has 0 saturated carbocycles. The van der Waals surface area contributed by atoms with Crippen LogP contribution in [0.1, 0.15) is 12.0 Å². The summed E-state index contributed by atoms with van der Waals surface area (Å²) in [5, 5.41) is 18.3. The first kappa shape index (κ1) is 14.7. The molecule has 110 valence electrons. The summed E-state index contributed by atoms with van der Waals surface area (Å²) in [6.07, 6.45) is 0.157. The number of halogens is 1. The predicted octanol–water partition coefficient (Wildman–Crippen LogP) is 1.12. The van der Waals surface area contributed by atoms with E-state index < -0.39 is 5.97 Å². The SMILES string of the molecule is O=C(O)CCN1CCN(Cc2cc(F)ccc2O)CC1. The lowest BCUT2D eigenvalue weighted by atomic mass is 10.1. The molecule has 0 atom stereocenters. The topological polar surface area (TPSA) is 64.0 Å². The lowest BCUT2D eigenvalue weighted by molar-refractivity contribution is -0.137. The molecular formula is C14H19FN2O3. The van der Waals surface area contributed by atoms with Gasteiger partial charge in [-0.05, 0) is 18.2 Å². The van der Waals surface area contributed by atoms with Crippen LogP contribution in [0.5, 0.6) is 5.75 Å². The Labute approximate surface area is 117 Å². The number of hydrogen-bond acceptors (Lipinski definition) is 4. The van der Waals surface area contributed by atoms with Crippen LogP contribution in [0.15, 0.2) is 18.2 Å². The Morgan fingerprint density at radius 3 is 2.50 bits per heavy atom. The summed E-state index contributed by atoms with van der Waals surface area (Å²) in [5.41, 5.74) is 0.587. The van der Waals surface area contributed by atoms with Gasteiger partial charge in [0.25, 0.3) is 0 Å². The molecule has 1 saturated heterocycles. The number of phenols is 1. The average Bonchev–Trinajstić information content (AvgIpc) is 2.42. The maximum Gasteiger partial charge on any atom is 0.304 e. The van der Waals surface area contributed by atoms with E-state index in [0.717, 1.165) is 26.2 Å². The van der Waals surface area contributed by atoms with Crippen LogP contribution in [-0.2, 0) is 11.3 Å². The van der Waals surface area contributed by atoms with Crippen molar-refractivity contribution in [2.45, 2.75) is 13.0 Å². The fraction of sp³-hybridized carbons (Fsp3) is 0.500. The van der Waals surface area contributed by atoms with E-state index in [9.17, 15) is 14.3 Å². The van der Waals surface area contributed by atoms with Gasteiger partial charge in [0.15, 0.2) is 0 Å². The van der Waals surface area contributed by atoms with Crippen LogP contribution in [0.4, 0.5) is 4.39 Å². The van der Waals surface area contributed by atoms with Crippen molar-refractivity contribution in [3.63, 3.8) is 0 Å². The first-order valence-electron chi connectivity index (χ1n) is 6.68. The highest BCUT2D eigenvalue weighted by Crippen LogP contribution is 2.20. The zero-order valence-corrected chi connectivity index (χ0v) is 11.3. The van der Waals surface area contributed by atoms with E-state index in [1.807, 2.05) is 0 Å². The van der Waals surface area contributed by atoms with Crippen LogP contribution in [0.3, 0.4) is 0 Å². The smallest absolute Gasteiger partial charge is 0.304 e. The standard InChI is InChI=1S/C14H19FN2O3/c15-12-1-2-13(18)11(9-12)10-17-7-5-16(6-8-17)4-3-14(19)20/h1-2,9,18H,3-8,10H2,(H,19,20). The quantitative estimate of drug-likeness (QED) is 0.847. The number of aliphatic carboxylic acids is 1. The van der Waals surface area contributed by atoms with Crippen LogP contribution in [-0.4, -0.2) is 58.7 Å². The molecule has 1 aliphatic rings. The van der Waals surface area contributed by atoms with E-state index >= 15 is 0 Å². The number of nitrogens with zero attached hydrogens (tertiary/aromatic N) is 2. The fourth-order valence-corrected chi connectivity index (χ4v) is 2.35. The molecule has 2 N–H and O–H groups in total. The van der Waals surface area contributed by atoms with Gasteiger partial charge in [-0.3, -0.25) is 9.69 Å². The highest BCUT2D eigenvalue weighted by Gasteiger charge is 2.18. The molecule has 1 heterocycles. The van der Waals surface area contributed by atoms with E-state index in [4.69, 9.17) is 5.11 Å². The molecule has 1 fully saturated rings. The summed E-state index contributed by atoms with van der Waals surface area (Å²) in [6, 6.07) is 3.96. The fourth-order valence-electron chi connectivity index (χ4n) is 2.35. The summed E-state index contributed by atoms with van der Waals surface area (Å²) < 4.78 is 13.1. The lowest BCUT2D eigenvalue weighted by Crippen LogP contribution is -2.46. The molecule has 0 unspecified atom stereocenters. The Kier molecular flexibility index (Phi) is 4.92. The van der Waals surface area contributed by atoms with Gasteiger partial charge in [-0.25, -0.2) is 4.39 Å². The second kappa shape index (κ2) is 6.67. The molecule has 0 amide bonds. The van der Waals surface area contributed by atoms with Crippen LogP contribution in [0.25, 0.3) is 0 Å². The molecular weight excluding hydrogens is 263 g/mol. The maximum atomic E-state index is 13.1. The third-order valence-electron chi connectivity index (χ3n) is 3.54. The van der Waals surface area contributed by atoms with Crippen LogP contribution in [0, 0.1) is 5.82 Å². The Morgan fingerprint density at radius 1 is 1.20 bits per heavy atom. The number of carbonyl (C=O) groups is 1. The Hall–Kier alpha value is -1.66. The number of carboxylic acid groups (broad SMARTS) is 1. The molecule has 1 aliphatic heterocycles. The zero-order chi connectivity index (χ0) is 14.5. The number of rotatable bonds is 5. The van der Waals surface area contributed by atoms with Crippen LogP contribution >= 0.6 is 0 Å². The maximum absolute atomic E-state index is 13.1. The second-order valence-corrected chi connectivity index (χ2v) is 5.03. The summed E-state index contributed by atoms with van der Waals surface area (Å²) in [7, 11) is 0. The highest BCUT2D eigenvalue weighted by molar-refractivity contribution is 5.66. The second-order valence-electron chi connectivity index (χ2n) is 5.03. The Bertz CT molecular complexity index is 473. The van der Waals surface area contributed by atoms with Gasteiger partial charge in [-0.2, -0.15) is 0 Å². The van der Waals surface area contributed by atoms with Gasteiger partial charge in [0.1, 0.15) is 11.6 Å². The van der Waals surface area contributed by atoms with Gasteiger partial charge in [0.05, 0.1) is 6.42 Å². The molecule has 0 aliphatic carbocycles. The summed E-state index contributed by atoms with van der Waals surface area (Å²) >= 11 is 0. The van der Waals surface area contributed by atoms with E-state index in [0.29, 0.717) is 18.7 Å². The molecule has 0 radical (unpaired) electrons. The molecule has 1 aromatic rings. The van der Waals surface area contributed by atoms with E-state index in [-0.39, 0.29) is 18.0 Å². The minimum absolute atomic E-state index is 0.111. The van der Waals surface area contributed by atoms with Crippen molar-refractivity contribution in [2.24, 2.45) is 0 Å². The monoisotopic (exact) mass is 282 g/mol. The number of piperazine rings is 1. The van der Waals surface area contributed by atoms with Crippen molar-refractivity contribution in [2.75, 3.05) is 32.7 Å². The Morgan fingerprint density at radius 2 is 1.85 bits per heavy atom.